The maximum atomic E-state index is 11.4. The van der Waals surface area contributed by atoms with Gasteiger partial charge in [-0.25, -0.2) is 5.84 Å². The van der Waals surface area contributed by atoms with Crippen molar-refractivity contribution < 1.29 is 9.59 Å². The van der Waals surface area contributed by atoms with Gasteiger partial charge in [-0.3, -0.25) is 15.0 Å². The molecule has 0 aromatic rings. The van der Waals surface area contributed by atoms with Crippen molar-refractivity contribution >= 4 is 11.8 Å². The number of hydrogen-bond acceptors (Lipinski definition) is 3. The molecule has 0 aromatic carbocycles. The lowest BCUT2D eigenvalue weighted by Crippen LogP contribution is -2.38. The van der Waals surface area contributed by atoms with Gasteiger partial charge in [-0.15, -0.1) is 0 Å². The van der Waals surface area contributed by atoms with E-state index in [0.717, 1.165) is 0 Å². The number of hydrazine groups is 1. The molecule has 5 nitrogen and oxygen atoms in total. The number of hydrogen-bond donors (Lipinski definition) is 2. The summed E-state index contributed by atoms with van der Waals surface area (Å²) in [5, 5.41) is 0. The number of carbonyl (C=O) groups excluding carboxylic acids is 2. The van der Waals surface area contributed by atoms with E-state index in [0.29, 0.717) is 6.54 Å². The first-order valence-corrected chi connectivity index (χ1v) is 4.36. The van der Waals surface area contributed by atoms with E-state index < -0.39 is 0 Å². The van der Waals surface area contributed by atoms with Crippen LogP contribution in [0.1, 0.15) is 20.3 Å². The van der Waals surface area contributed by atoms with E-state index in [1.807, 2.05) is 13.8 Å². The van der Waals surface area contributed by atoms with Crippen molar-refractivity contribution in [2.45, 2.75) is 26.3 Å². The van der Waals surface area contributed by atoms with Crippen molar-refractivity contribution in [1.29, 1.82) is 0 Å². The highest BCUT2D eigenvalue weighted by molar-refractivity contribution is 5.89. The Morgan fingerprint density at radius 3 is 2.69 bits per heavy atom. The molecule has 0 spiro atoms. The predicted molar refractivity (Wildman–Crippen MR) is 47.3 cm³/mol. The van der Waals surface area contributed by atoms with Crippen LogP contribution < -0.4 is 11.3 Å². The van der Waals surface area contributed by atoms with Crippen LogP contribution in [0.25, 0.3) is 0 Å². The fourth-order valence-electron chi connectivity index (χ4n) is 1.52. The van der Waals surface area contributed by atoms with Crippen molar-refractivity contribution in [3.05, 3.63) is 0 Å². The minimum atomic E-state index is -0.278. The molecule has 2 amide bonds. The largest absolute Gasteiger partial charge is 0.339 e. The summed E-state index contributed by atoms with van der Waals surface area (Å²) >= 11 is 0. The van der Waals surface area contributed by atoms with E-state index in [1.54, 1.807) is 4.90 Å². The lowest BCUT2D eigenvalue weighted by Gasteiger charge is -2.20. The second-order valence-electron chi connectivity index (χ2n) is 3.55. The Bertz CT molecular complexity index is 227. The van der Waals surface area contributed by atoms with Crippen LogP contribution >= 0.6 is 0 Å². The minimum absolute atomic E-state index is 0.0311. The topological polar surface area (TPSA) is 75.4 Å². The molecule has 74 valence electrons. The van der Waals surface area contributed by atoms with Crippen LogP contribution in [0.5, 0.6) is 0 Å². The SMILES string of the molecule is CC(C)N1C[C@H](C(=O)NN)CC1=O. The molecule has 1 atom stereocenters. The summed E-state index contributed by atoms with van der Waals surface area (Å²) < 4.78 is 0. The Morgan fingerprint density at radius 2 is 2.31 bits per heavy atom. The van der Waals surface area contributed by atoms with Crippen molar-refractivity contribution in [3.8, 4) is 0 Å². The predicted octanol–water partition coefficient (Wildman–Crippen LogP) is -0.767. The van der Waals surface area contributed by atoms with Gasteiger partial charge in [0.05, 0.1) is 5.92 Å². The normalized spacial score (nSPS) is 22.6. The summed E-state index contributed by atoms with van der Waals surface area (Å²) in [5.74, 6) is 4.49. The van der Waals surface area contributed by atoms with Crippen LogP contribution in [0.4, 0.5) is 0 Å². The highest BCUT2D eigenvalue weighted by Gasteiger charge is 2.34. The average Bonchev–Trinajstić information content (AvgIpc) is 2.46. The maximum absolute atomic E-state index is 11.4. The quantitative estimate of drug-likeness (QED) is 0.337. The summed E-state index contributed by atoms with van der Waals surface area (Å²) in [7, 11) is 0. The van der Waals surface area contributed by atoms with E-state index in [1.165, 1.54) is 0 Å². The number of rotatable bonds is 2. The number of nitrogens with two attached hydrogens (primary N) is 1. The summed E-state index contributed by atoms with van der Waals surface area (Å²) in [6.45, 7) is 4.35. The van der Waals surface area contributed by atoms with Gasteiger partial charge >= 0.3 is 0 Å². The van der Waals surface area contributed by atoms with E-state index in [2.05, 4.69) is 5.43 Å². The number of nitrogens with one attached hydrogen (secondary N) is 1. The zero-order valence-electron chi connectivity index (χ0n) is 7.91. The molecular weight excluding hydrogens is 170 g/mol. The monoisotopic (exact) mass is 185 g/mol. The second-order valence-corrected chi connectivity index (χ2v) is 3.55. The lowest BCUT2D eigenvalue weighted by molar-refractivity contribution is -0.129. The molecule has 5 heteroatoms. The van der Waals surface area contributed by atoms with Crippen LogP contribution in [-0.2, 0) is 9.59 Å². The number of amides is 2. The maximum Gasteiger partial charge on any atom is 0.239 e. The molecule has 0 unspecified atom stereocenters. The van der Waals surface area contributed by atoms with Crippen molar-refractivity contribution in [3.63, 3.8) is 0 Å². The molecule has 3 N–H and O–H groups in total. The van der Waals surface area contributed by atoms with Crippen LogP contribution in [0.15, 0.2) is 0 Å². The zero-order valence-corrected chi connectivity index (χ0v) is 7.91. The van der Waals surface area contributed by atoms with Gasteiger partial charge in [-0.05, 0) is 13.8 Å². The highest BCUT2D eigenvalue weighted by atomic mass is 16.2. The first-order valence-electron chi connectivity index (χ1n) is 4.36. The first kappa shape index (κ1) is 9.98. The Kier molecular flexibility index (Phi) is 2.87. The first-order chi connectivity index (χ1) is 6.06. The number of likely N-dealkylation sites (tertiary alicyclic amines) is 1. The Balaban J connectivity index is 2.60. The molecule has 1 heterocycles. The average molecular weight is 185 g/mol. The Labute approximate surface area is 77.2 Å². The summed E-state index contributed by atoms with van der Waals surface area (Å²) in [5.41, 5.74) is 2.07. The van der Waals surface area contributed by atoms with Gasteiger partial charge in [-0.2, -0.15) is 0 Å². The molecule has 1 fully saturated rings. The van der Waals surface area contributed by atoms with Crippen LogP contribution in [0.3, 0.4) is 0 Å². The standard InChI is InChI=1S/C8H15N3O2/c1-5(2)11-4-6(3-7(11)12)8(13)10-9/h5-6H,3-4,9H2,1-2H3,(H,10,13)/t6-/m1/s1. The van der Waals surface area contributed by atoms with Gasteiger partial charge in [0, 0.05) is 19.0 Å². The molecule has 0 saturated carbocycles. The van der Waals surface area contributed by atoms with E-state index in [9.17, 15) is 9.59 Å². The number of carbonyl (C=O) groups is 2. The molecule has 1 aliphatic heterocycles. The molecule has 1 rings (SSSR count). The molecule has 0 aliphatic carbocycles. The molecule has 13 heavy (non-hydrogen) atoms. The summed E-state index contributed by atoms with van der Waals surface area (Å²) in [6, 6.07) is 0.156. The van der Waals surface area contributed by atoms with Gasteiger partial charge in [-0.1, -0.05) is 0 Å². The third-order valence-corrected chi connectivity index (χ3v) is 2.29. The molecule has 0 bridgehead atoms. The van der Waals surface area contributed by atoms with Crippen molar-refractivity contribution in [2.24, 2.45) is 11.8 Å². The third-order valence-electron chi connectivity index (χ3n) is 2.29. The van der Waals surface area contributed by atoms with E-state index >= 15 is 0 Å². The summed E-state index contributed by atoms with van der Waals surface area (Å²) in [6.07, 6.45) is 0.279. The van der Waals surface area contributed by atoms with E-state index in [4.69, 9.17) is 5.84 Å². The molecule has 0 aromatic heterocycles. The number of nitrogens with zero attached hydrogens (tertiary/aromatic N) is 1. The molecular formula is C8H15N3O2. The van der Waals surface area contributed by atoms with Gasteiger partial charge in [0.1, 0.15) is 0 Å². The van der Waals surface area contributed by atoms with Gasteiger partial charge < -0.3 is 4.90 Å². The third kappa shape index (κ3) is 1.98. The van der Waals surface area contributed by atoms with Crippen LogP contribution in [0, 0.1) is 5.92 Å². The summed E-state index contributed by atoms with van der Waals surface area (Å²) in [4.78, 5) is 24.2. The van der Waals surface area contributed by atoms with Gasteiger partial charge in [0.15, 0.2) is 0 Å². The Morgan fingerprint density at radius 1 is 1.69 bits per heavy atom. The molecule has 1 saturated heterocycles. The molecule has 1 aliphatic rings. The lowest BCUT2D eigenvalue weighted by atomic mass is 10.1. The Hall–Kier alpha value is -1.10. The van der Waals surface area contributed by atoms with Crippen LogP contribution in [-0.4, -0.2) is 29.3 Å². The van der Waals surface area contributed by atoms with Gasteiger partial charge in [0.25, 0.3) is 0 Å². The van der Waals surface area contributed by atoms with Crippen molar-refractivity contribution in [1.82, 2.24) is 10.3 Å². The fraction of sp³-hybridized carbons (Fsp3) is 0.750. The van der Waals surface area contributed by atoms with Crippen LogP contribution in [0.2, 0.25) is 0 Å². The van der Waals surface area contributed by atoms with Gasteiger partial charge in [0.2, 0.25) is 11.8 Å². The fourth-order valence-corrected chi connectivity index (χ4v) is 1.52. The van der Waals surface area contributed by atoms with Crippen molar-refractivity contribution in [2.75, 3.05) is 6.54 Å². The zero-order chi connectivity index (χ0) is 10.0. The second kappa shape index (κ2) is 3.74. The molecule has 0 radical (unpaired) electrons. The smallest absolute Gasteiger partial charge is 0.239 e. The minimum Gasteiger partial charge on any atom is -0.339 e. The highest BCUT2D eigenvalue weighted by Crippen LogP contribution is 2.19. The van der Waals surface area contributed by atoms with E-state index in [-0.39, 0.29) is 30.2 Å².